The van der Waals surface area contributed by atoms with Crippen molar-refractivity contribution in [3.63, 3.8) is 0 Å². The zero-order valence-electron chi connectivity index (χ0n) is 11.3. The van der Waals surface area contributed by atoms with E-state index in [0.29, 0.717) is 26.1 Å². The maximum Gasteiger partial charge on any atom is 0.234 e. The van der Waals surface area contributed by atoms with Crippen LogP contribution in [-0.4, -0.2) is 61.2 Å². The molecule has 0 aromatic carbocycles. The highest BCUT2D eigenvalue weighted by Gasteiger charge is 2.45. The van der Waals surface area contributed by atoms with Crippen LogP contribution in [0.2, 0.25) is 0 Å². The van der Waals surface area contributed by atoms with Gasteiger partial charge in [-0.3, -0.25) is 4.79 Å². The first-order chi connectivity index (χ1) is 9.08. The largest absolute Gasteiger partial charge is 0.409 e. The van der Waals surface area contributed by atoms with Crippen molar-refractivity contribution < 1.29 is 14.7 Å². The lowest BCUT2D eigenvalue weighted by Crippen LogP contribution is -2.55. The maximum atomic E-state index is 12.5. The van der Waals surface area contributed by atoms with Gasteiger partial charge in [0.05, 0.1) is 0 Å². The number of nitrogens with two attached hydrogens (primary N) is 1. The molecular weight excluding hydrogens is 248 g/mol. The van der Waals surface area contributed by atoms with E-state index in [1.54, 1.807) is 0 Å². The Morgan fingerprint density at radius 1 is 1.53 bits per heavy atom. The lowest BCUT2D eigenvalue weighted by atomic mass is 9.78. The first-order valence-electron chi connectivity index (χ1n) is 6.64. The van der Waals surface area contributed by atoms with Crippen molar-refractivity contribution in [2.75, 3.05) is 33.4 Å². The number of hydrogen-bond donors (Lipinski definition) is 3. The van der Waals surface area contributed by atoms with Gasteiger partial charge in [-0.2, -0.15) is 0 Å². The predicted molar refractivity (Wildman–Crippen MR) is 69.9 cm³/mol. The number of likely N-dealkylation sites (tertiary alicyclic amines) is 1. The number of oxime groups is 1. The SMILES string of the molecule is CN1CCC(NC(=O)C2(C(N)=NO)CCOCC2)C1. The van der Waals surface area contributed by atoms with E-state index in [4.69, 9.17) is 15.7 Å². The number of nitrogens with zero attached hydrogens (tertiary/aromatic N) is 2. The van der Waals surface area contributed by atoms with Gasteiger partial charge in [0.2, 0.25) is 5.91 Å². The first kappa shape index (κ1) is 14.1. The van der Waals surface area contributed by atoms with Gasteiger partial charge < -0.3 is 25.9 Å². The quantitative estimate of drug-likeness (QED) is 0.274. The number of ether oxygens (including phenoxy) is 1. The van der Waals surface area contributed by atoms with Gasteiger partial charge in [0, 0.05) is 25.8 Å². The van der Waals surface area contributed by atoms with Crippen molar-refractivity contribution in [1.82, 2.24) is 10.2 Å². The van der Waals surface area contributed by atoms with Gasteiger partial charge >= 0.3 is 0 Å². The minimum atomic E-state index is -0.922. The number of nitrogens with one attached hydrogen (secondary N) is 1. The Balaban J connectivity index is 2.07. The van der Waals surface area contributed by atoms with Crippen LogP contribution in [0, 0.1) is 5.41 Å². The van der Waals surface area contributed by atoms with Crippen molar-refractivity contribution in [1.29, 1.82) is 0 Å². The molecule has 2 heterocycles. The fraction of sp³-hybridized carbons (Fsp3) is 0.833. The molecule has 1 unspecified atom stereocenters. The van der Waals surface area contributed by atoms with E-state index in [1.165, 1.54) is 0 Å². The fourth-order valence-corrected chi connectivity index (χ4v) is 2.79. The summed E-state index contributed by atoms with van der Waals surface area (Å²) in [6.45, 7) is 2.72. The molecule has 7 heteroatoms. The van der Waals surface area contributed by atoms with E-state index in [0.717, 1.165) is 19.5 Å². The summed E-state index contributed by atoms with van der Waals surface area (Å²) in [5.41, 5.74) is 4.84. The summed E-state index contributed by atoms with van der Waals surface area (Å²) in [5.74, 6) is -0.161. The van der Waals surface area contributed by atoms with Crippen LogP contribution in [-0.2, 0) is 9.53 Å². The highest BCUT2D eigenvalue weighted by Crippen LogP contribution is 2.31. The Labute approximate surface area is 112 Å². The first-order valence-corrected chi connectivity index (χ1v) is 6.64. The molecule has 2 saturated heterocycles. The van der Waals surface area contributed by atoms with Crippen LogP contribution in [0.15, 0.2) is 5.16 Å². The number of carbonyl (C=O) groups is 1. The number of amidine groups is 1. The van der Waals surface area contributed by atoms with E-state index in [-0.39, 0.29) is 17.8 Å². The van der Waals surface area contributed by atoms with Gasteiger partial charge in [-0.1, -0.05) is 5.16 Å². The van der Waals surface area contributed by atoms with Gasteiger partial charge in [-0.15, -0.1) is 0 Å². The number of rotatable bonds is 3. The third kappa shape index (κ3) is 2.82. The molecule has 0 aromatic rings. The Kier molecular flexibility index (Phi) is 4.26. The molecule has 1 atom stereocenters. The molecule has 2 rings (SSSR count). The van der Waals surface area contributed by atoms with Crippen molar-refractivity contribution in [2.45, 2.75) is 25.3 Å². The molecule has 108 valence electrons. The van der Waals surface area contributed by atoms with Crippen LogP contribution >= 0.6 is 0 Å². The average Bonchev–Trinajstić information content (AvgIpc) is 2.83. The topological polar surface area (TPSA) is 100 Å². The molecule has 2 fully saturated rings. The molecule has 0 saturated carbocycles. The van der Waals surface area contributed by atoms with Crippen LogP contribution in [0.5, 0.6) is 0 Å². The molecule has 1 amide bonds. The van der Waals surface area contributed by atoms with Crippen molar-refractivity contribution in [3.05, 3.63) is 0 Å². The van der Waals surface area contributed by atoms with Crippen LogP contribution < -0.4 is 11.1 Å². The normalized spacial score (nSPS) is 28.3. The second-order valence-electron chi connectivity index (χ2n) is 5.40. The molecule has 4 N–H and O–H groups in total. The molecule has 0 aliphatic carbocycles. The van der Waals surface area contributed by atoms with Gasteiger partial charge in [0.1, 0.15) is 5.41 Å². The summed E-state index contributed by atoms with van der Waals surface area (Å²) < 4.78 is 5.28. The van der Waals surface area contributed by atoms with Crippen molar-refractivity contribution >= 4 is 11.7 Å². The van der Waals surface area contributed by atoms with Gasteiger partial charge in [0.25, 0.3) is 0 Å². The fourth-order valence-electron chi connectivity index (χ4n) is 2.79. The van der Waals surface area contributed by atoms with E-state index in [9.17, 15) is 4.79 Å². The molecule has 0 radical (unpaired) electrons. The van der Waals surface area contributed by atoms with Gasteiger partial charge in [-0.05, 0) is 32.9 Å². The van der Waals surface area contributed by atoms with Gasteiger partial charge in [-0.25, -0.2) is 0 Å². The molecule has 0 bridgehead atoms. The van der Waals surface area contributed by atoms with Gasteiger partial charge in [0.15, 0.2) is 5.84 Å². The number of carbonyl (C=O) groups excluding carboxylic acids is 1. The summed E-state index contributed by atoms with van der Waals surface area (Å²) in [7, 11) is 2.03. The Morgan fingerprint density at radius 3 is 2.74 bits per heavy atom. The molecular formula is C12H22N4O3. The average molecular weight is 270 g/mol. The second kappa shape index (κ2) is 5.75. The highest BCUT2D eigenvalue weighted by atomic mass is 16.5. The summed E-state index contributed by atoms with van der Waals surface area (Å²) >= 11 is 0. The van der Waals surface area contributed by atoms with E-state index >= 15 is 0 Å². The summed E-state index contributed by atoms with van der Waals surface area (Å²) in [5, 5.41) is 15.0. The second-order valence-corrected chi connectivity index (χ2v) is 5.40. The predicted octanol–water partition coefficient (Wildman–Crippen LogP) is -0.650. The summed E-state index contributed by atoms with van der Waals surface area (Å²) in [6, 6.07) is 0.142. The van der Waals surface area contributed by atoms with E-state index < -0.39 is 5.41 Å². The van der Waals surface area contributed by atoms with Crippen LogP contribution in [0.25, 0.3) is 0 Å². The molecule has 2 aliphatic heterocycles. The molecule has 2 aliphatic rings. The van der Waals surface area contributed by atoms with Crippen molar-refractivity contribution in [3.8, 4) is 0 Å². The lowest BCUT2D eigenvalue weighted by Gasteiger charge is -2.35. The Hall–Kier alpha value is -1.34. The Morgan fingerprint density at radius 2 is 2.21 bits per heavy atom. The monoisotopic (exact) mass is 270 g/mol. The smallest absolute Gasteiger partial charge is 0.234 e. The highest BCUT2D eigenvalue weighted by molar-refractivity contribution is 6.06. The zero-order chi connectivity index (χ0) is 13.9. The van der Waals surface area contributed by atoms with E-state index in [2.05, 4.69) is 15.4 Å². The van der Waals surface area contributed by atoms with Crippen LogP contribution in [0.1, 0.15) is 19.3 Å². The molecule has 0 aromatic heterocycles. The minimum absolute atomic E-state index is 0.0142. The standard InChI is InChI=1S/C12H22N4O3/c1-16-5-2-9(8-16)14-11(17)12(10(13)15-18)3-6-19-7-4-12/h9,18H,2-8H2,1H3,(H2,13,15)(H,14,17). The third-order valence-electron chi connectivity index (χ3n) is 4.11. The molecule has 7 nitrogen and oxygen atoms in total. The summed E-state index contributed by atoms with van der Waals surface area (Å²) in [6.07, 6.45) is 1.85. The maximum absolute atomic E-state index is 12.5. The molecule has 19 heavy (non-hydrogen) atoms. The number of amides is 1. The Bertz CT molecular complexity index is 366. The van der Waals surface area contributed by atoms with Crippen LogP contribution in [0.4, 0.5) is 0 Å². The van der Waals surface area contributed by atoms with E-state index in [1.807, 2.05) is 7.05 Å². The van der Waals surface area contributed by atoms with Crippen molar-refractivity contribution in [2.24, 2.45) is 16.3 Å². The number of hydrogen-bond acceptors (Lipinski definition) is 5. The lowest BCUT2D eigenvalue weighted by molar-refractivity contribution is -0.132. The minimum Gasteiger partial charge on any atom is -0.409 e. The summed E-state index contributed by atoms with van der Waals surface area (Å²) in [4.78, 5) is 14.7. The van der Waals surface area contributed by atoms with Crippen LogP contribution in [0.3, 0.4) is 0 Å². The number of likely N-dealkylation sites (N-methyl/N-ethyl adjacent to an activating group) is 1. The molecule has 0 spiro atoms. The zero-order valence-corrected chi connectivity index (χ0v) is 11.3. The third-order valence-corrected chi connectivity index (χ3v) is 4.11.